The molecule has 0 saturated heterocycles. The van der Waals surface area contributed by atoms with Crippen LogP contribution in [-0.2, 0) is 11.2 Å². The van der Waals surface area contributed by atoms with Gasteiger partial charge in [0.05, 0.1) is 12.2 Å². The Morgan fingerprint density at radius 2 is 1.94 bits per heavy atom. The molecule has 2 heterocycles. The van der Waals surface area contributed by atoms with E-state index in [1.54, 1.807) is 6.20 Å². The van der Waals surface area contributed by atoms with E-state index in [0.717, 1.165) is 34.7 Å². The third-order valence-electron chi connectivity index (χ3n) is 6.10. The van der Waals surface area contributed by atoms with Gasteiger partial charge in [-0.2, -0.15) is 0 Å². The number of amides is 1. The van der Waals surface area contributed by atoms with Crippen molar-refractivity contribution in [3.8, 4) is 16.9 Å². The van der Waals surface area contributed by atoms with Crippen LogP contribution in [0.25, 0.3) is 11.1 Å². The van der Waals surface area contributed by atoms with Crippen molar-refractivity contribution in [1.82, 2.24) is 20.2 Å². The number of pyridine rings is 1. The van der Waals surface area contributed by atoms with E-state index in [9.17, 15) is 4.79 Å². The fourth-order valence-corrected chi connectivity index (χ4v) is 4.32. The van der Waals surface area contributed by atoms with Crippen molar-refractivity contribution in [2.24, 2.45) is 5.92 Å². The van der Waals surface area contributed by atoms with Crippen molar-refractivity contribution in [1.29, 1.82) is 0 Å². The summed E-state index contributed by atoms with van der Waals surface area (Å²) >= 11 is 0. The average Bonchev–Trinajstić information content (AvgIpc) is 3.50. The van der Waals surface area contributed by atoms with Gasteiger partial charge >= 0.3 is 0 Å². The molecule has 186 valence electrons. The molecule has 1 fully saturated rings. The summed E-state index contributed by atoms with van der Waals surface area (Å²) in [6, 6.07) is 9.73. The maximum atomic E-state index is 12.7. The number of rotatable bonds is 9. The van der Waals surface area contributed by atoms with Gasteiger partial charge in [0.1, 0.15) is 24.0 Å². The van der Waals surface area contributed by atoms with Crippen LogP contribution in [-0.4, -0.2) is 44.9 Å². The molecule has 0 unspecified atom stereocenters. The molecule has 1 amide bonds. The maximum Gasteiger partial charge on any atom is 0.296 e. The van der Waals surface area contributed by atoms with E-state index >= 15 is 0 Å². The van der Waals surface area contributed by atoms with Crippen molar-refractivity contribution in [2.45, 2.75) is 65.4 Å². The summed E-state index contributed by atoms with van der Waals surface area (Å²) in [6.45, 7) is 9.09. The van der Waals surface area contributed by atoms with Crippen LogP contribution in [0.15, 0.2) is 36.5 Å². The van der Waals surface area contributed by atoms with Crippen molar-refractivity contribution < 1.29 is 14.3 Å². The SMILES string of the molecule is Cc1ccc(OCCOC(C)(C)C)cc1-c1ccnc(NC(=O)c2n[nH]c(CC3CCCC3)n2)c1. The molecular formula is C27H35N5O3. The third-order valence-corrected chi connectivity index (χ3v) is 6.10. The van der Waals surface area contributed by atoms with Gasteiger partial charge in [0, 0.05) is 12.6 Å². The zero-order valence-corrected chi connectivity index (χ0v) is 21.1. The monoisotopic (exact) mass is 477 g/mol. The zero-order chi connectivity index (χ0) is 24.8. The highest BCUT2D eigenvalue weighted by molar-refractivity contribution is 6.01. The van der Waals surface area contributed by atoms with E-state index in [2.05, 4.69) is 25.5 Å². The van der Waals surface area contributed by atoms with Crippen LogP contribution in [0.3, 0.4) is 0 Å². The standard InChI is InChI=1S/C27H35N5O3/c1-18-9-10-21(34-13-14-35-27(2,3)4)17-22(18)20-11-12-28-23(16-20)30-26(33)25-29-24(31-32-25)15-19-7-5-6-8-19/h9-12,16-17,19H,5-8,13-15H2,1-4H3,(H,28,30,33)(H,29,31,32). The van der Waals surface area contributed by atoms with Crippen LogP contribution in [0.5, 0.6) is 5.75 Å². The number of aryl methyl sites for hydroxylation is 1. The topological polar surface area (TPSA) is 102 Å². The molecule has 1 saturated carbocycles. The first kappa shape index (κ1) is 24.9. The summed E-state index contributed by atoms with van der Waals surface area (Å²) in [6.07, 6.45) is 7.50. The second-order valence-corrected chi connectivity index (χ2v) is 10.1. The lowest BCUT2D eigenvalue weighted by Crippen LogP contribution is -2.22. The average molecular weight is 478 g/mol. The second kappa shape index (κ2) is 11.0. The van der Waals surface area contributed by atoms with Gasteiger partial charge in [0.25, 0.3) is 5.91 Å². The lowest BCUT2D eigenvalue weighted by Gasteiger charge is -2.19. The number of hydrogen-bond acceptors (Lipinski definition) is 6. The summed E-state index contributed by atoms with van der Waals surface area (Å²) in [5.41, 5.74) is 2.84. The molecule has 0 bridgehead atoms. The molecule has 2 N–H and O–H groups in total. The van der Waals surface area contributed by atoms with E-state index in [1.165, 1.54) is 25.7 Å². The lowest BCUT2D eigenvalue weighted by molar-refractivity contribution is -0.0163. The van der Waals surface area contributed by atoms with E-state index in [4.69, 9.17) is 9.47 Å². The molecule has 1 aliphatic rings. The van der Waals surface area contributed by atoms with Crippen molar-refractivity contribution in [3.63, 3.8) is 0 Å². The highest BCUT2D eigenvalue weighted by Crippen LogP contribution is 2.29. The molecule has 0 radical (unpaired) electrons. The highest BCUT2D eigenvalue weighted by Gasteiger charge is 2.19. The number of ether oxygens (including phenoxy) is 2. The molecule has 35 heavy (non-hydrogen) atoms. The van der Waals surface area contributed by atoms with Crippen molar-refractivity contribution in [2.75, 3.05) is 18.5 Å². The summed E-state index contributed by atoms with van der Waals surface area (Å²) < 4.78 is 11.6. The Labute approximate surface area is 206 Å². The van der Waals surface area contributed by atoms with E-state index in [1.807, 2.05) is 58.0 Å². The van der Waals surface area contributed by atoms with Gasteiger partial charge in [-0.15, -0.1) is 5.10 Å². The first-order valence-electron chi connectivity index (χ1n) is 12.3. The van der Waals surface area contributed by atoms with Crippen molar-refractivity contribution >= 4 is 11.7 Å². The van der Waals surface area contributed by atoms with E-state index in [0.29, 0.717) is 24.9 Å². The van der Waals surface area contributed by atoms with Gasteiger partial charge in [-0.25, -0.2) is 9.97 Å². The van der Waals surface area contributed by atoms with Gasteiger partial charge < -0.3 is 14.8 Å². The van der Waals surface area contributed by atoms with Crippen LogP contribution >= 0.6 is 0 Å². The fourth-order valence-electron chi connectivity index (χ4n) is 4.32. The molecule has 8 heteroatoms. The Morgan fingerprint density at radius 3 is 2.71 bits per heavy atom. The maximum absolute atomic E-state index is 12.7. The molecule has 1 aromatic carbocycles. The number of nitrogens with one attached hydrogen (secondary N) is 2. The molecule has 3 aromatic rings. The minimum absolute atomic E-state index is 0.134. The number of aromatic amines is 1. The molecule has 2 aromatic heterocycles. The van der Waals surface area contributed by atoms with Gasteiger partial charge in [-0.3, -0.25) is 9.89 Å². The number of carbonyl (C=O) groups excluding carboxylic acids is 1. The first-order valence-corrected chi connectivity index (χ1v) is 12.3. The first-order chi connectivity index (χ1) is 16.8. The number of nitrogens with zero attached hydrogens (tertiary/aromatic N) is 3. The Bertz CT molecular complexity index is 1150. The Balaban J connectivity index is 1.40. The molecule has 0 aliphatic heterocycles. The number of H-pyrrole nitrogens is 1. The number of anilines is 1. The molecular weight excluding hydrogens is 442 g/mol. The lowest BCUT2D eigenvalue weighted by atomic mass is 10.0. The van der Waals surface area contributed by atoms with Crippen LogP contribution < -0.4 is 10.1 Å². The number of aromatic nitrogens is 4. The third kappa shape index (κ3) is 7.11. The smallest absolute Gasteiger partial charge is 0.296 e. The molecule has 8 nitrogen and oxygen atoms in total. The van der Waals surface area contributed by atoms with Crippen molar-refractivity contribution in [3.05, 3.63) is 53.7 Å². The van der Waals surface area contributed by atoms with E-state index in [-0.39, 0.29) is 17.3 Å². The summed E-state index contributed by atoms with van der Waals surface area (Å²) in [5.74, 6) is 2.36. The van der Waals surface area contributed by atoms with Crippen LogP contribution in [0, 0.1) is 12.8 Å². The molecule has 1 aliphatic carbocycles. The van der Waals surface area contributed by atoms with Gasteiger partial charge in [0.15, 0.2) is 0 Å². The number of benzene rings is 1. The summed E-state index contributed by atoms with van der Waals surface area (Å²) in [7, 11) is 0. The van der Waals surface area contributed by atoms with Gasteiger partial charge in [-0.05, 0) is 74.6 Å². The van der Waals surface area contributed by atoms with Crippen LogP contribution in [0.1, 0.15) is 68.5 Å². The predicted molar refractivity (Wildman–Crippen MR) is 136 cm³/mol. The number of carbonyl (C=O) groups is 1. The van der Waals surface area contributed by atoms with Gasteiger partial charge in [-0.1, -0.05) is 31.7 Å². The zero-order valence-electron chi connectivity index (χ0n) is 21.1. The second-order valence-electron chi connectivity index (χ2n) is 10.1. The molecule has 0 atom stereocenters. The van der Waals surface area contributed by atoms with Gasteiger partial charge in [0.2, 0.25) is 5.82 Å². The minimum Gasteiger partial charge on any atom is -0.491 e. The Hall–Kier alpha value is -3.26. The van der Waals surface area contributed by atoms with E-state index < -0.39 is 0 Å². The molecule has 4 rings (SSSR count). The quantitative estimate of drug-likeness (QED) is 0.403. The number of hydrogen-bond donors (Lipinski definition) is 2. The van der Waals surface area contributed by atoms with Crippen LogP contribution in [0.4, 0.5) is 5.82 Å². The Morgan fingerprint density at radius 1 is 1.14 bits per heavy atom. The summed E-state index contributed by atoms with van der Waals surface area (Å²) in [4.78, 5) is 21.4. The molecule has 0 spiro atoms. The highest BCUT2D eigenvalue weighted by atomic mass is 16.5. The fraction of sp³-hybridized carbons (Fsp3) is 0.481. The normalized spacial score (nSPS) is 14.3. The predicted octanol–water partition coefficient (Wildman–Crippen LogP) is 5.35. The summed E-state index contributed by atoms with van der Waals surface area (Å²) in [5, 5.41) is 9.85. The minimum atomic E-state index is -0.378. The van der Waals surface area contributed by atoms with Crippen LogP contribution in [0.2, 0.25) is 0 Å². The Kier molecular flexibility index (Phi) is 7.80. The largest absolute Gasteiger partial charge is 0.491 e.